The fourth-order valence-electron chi connectivity index (χ4n) is 1.27. The lowest BCUT2D eigenvalue weighted by Crippen LogP contribution is -2.21. The molecule has 0 radical (unpaired) electrons. The van der Waals surface area contributed by atoms with Gasteiger partial charge in [0, 0.05) is 24.2 Å². The molecular formula is C11H18N2OS. The topological polar surface area (TPSA) is 36.4 Å². The molecule has 0 amide bonds. The van der Waals surface area contributed by atoms with E-state index in [1.54, 1.807) is 11.3 Å². The lowest BCUT2D eigenvalue weighted by molar-refractivity contribution is 0.332. The number of anilines is 1. The van der Waals surface area contributed by atoms with Gasteiger partial charge in [-0.2, -0.15) is 0 Å². The number of aromatic nitrogens is 1. The van der Waals surface area contributed by atoms with Gasteiger partial charge in [0.2, 0.25) is 0 Å². The summed E-state index contributed by atoms with van der Waals surface area (Å²) in [4.78, 5) is 7.68. The van der Waals surface area contributed by atoms with E-state index in [4.69, 9.17) is 5.11 Å². The monoisotopic (exact) mass is 226 g/mol. The highest BCUT2D eigenvalue weighted by atomic mass is 32.1. The molecule has 1 rings (SSSR count). The predicted molar refractivity (Wildman–Crippen MR) is 66.4 cm³/mol. The Labute approximate surface area is 95.1 Å². The first-order valence-corrected chi connectivity index (χ1v) is 6.01. The third kappa shape index (κ3) is 3.32. The summed E-state index contributed by atoms with van der Waals surface area (Å²) in [5.41, 5.74) is 0.963. The summed E-state index contributed by atoms with van der Waals surface area (Å²) in [6, 6.07) is 0. The number of rotatable bonds is 5. The van der Waals surface area contributed by atoms with Crippen molar-refractivity contribution >= 4 is 22.5 Å². The average molecular weight is 226 g/mol. The van der Waals surface area contributed by atoms with Gasteiger partial charge in [-0.1, -0.05) is 11.3 Å². The van der Waals surface area contributed by atoms with Crippen molar-refractivity contribution in [2.75, 3.05) is 24.6 Å². The van der Waals surface area contributed by atoms with E-state index in [-0.39, 0.29) is 6.61 Å². The second kappa shape index (κ2) is 5.88. The summed E-state index contributed by atoms with van der Waals surface area (Å²) in [6.07, 6.45) is 3.84. The predicted octanol–water partition coefficient (Wildman–Crippen LogP) is 2.38. The first kappa shape index (κ1) is 12.2. The second-order valence-corrected chi connectivity index (χ2v) is 4.41. The van der Waals surface area contributed by atoms with E-state index in [9.17, 15) is 0 Å². The zero-order valence-corrected chi connectivity index (χ0v) is 10.3. The number of aliphatic hydroxyl groups excluding tert-OH is 1. The van der Waals surface area contributed by atoms with Gasteiger partial charge in [0.05, 0.1) is 6.61 Å². The molecule has 0 unspecified atom stereocenters. The van der Waals surface area contributed by atoms with Crippen LogP contribution in [0, 0.1) is 0 Å². The summed E-state index contributed by atoms with van der Waals surface area (Å²) >= 11 is 1.66. The van der Waals surface area contributed by atoms with Gasteiger partial charge in [-0.05, 0) is 32.4 Å². The van der Waals surface area contributed by atoms with Crippen LogP contribution in [0.3, 0.4) is 0 Å². The van der Waals surface area contributed by atoms with Crippen LogP contribution in [0.1, 0.15) is 25.6 Å². The molecule has 1 heterocycles. The Morgan fingerprint density at radius 1 is 1.53 bits per heavy atom. The van der Waals surface area contributed by atoms with Gasteiger partial charge in [0.25, 0.3) is 0 Å². The van der Waals surface area contributed by atoms with Gasteiger partial charge < -0.3 is 10.0 Å². The minimum Gasteiger partial charge on any atom is -0.392 e. The Bertz CT molecular complexity index is 329. The molecule has 15 heavy (non-hydrogen) atoms. The van der Waals surface area contributed by atoms with Gasteiger partial charge in [0.15, 0.2) is 5.13 Å². The lowest BCUT2D eigenvalue weighted by Gasteiger charge is -2.16. The van der Waals surface area contributed by atoms with E-state index in [1.807, 2.05) is 19.2 Å². The zero-order chi connectivity index (χ0) is 11.3. The molecule has 0 atom stereocenters. The van der Waals surface area contributed by atoms with Crippen molar-refractivity contribution in [3.63, 3.8) is 0 Å². The van der Waals surface area contributed by atoms with Crippen LogP contribution < -0.4 is 4.90 Å². The van der Waals surface area contributed by atoms with Crippen molar-refractivity contribution in [2.45, 2.75) is 20.8 Å². The second-order valence-electron chi connectivity index (χ2n) is 3.37. The molecule has 1 aromatic rings. The maximum absolute atomic E-state index is 8.91. The molecule has 0 spiro atoms. The molecule has 0 aliphatic rings. The molecule has 0 fully saturated rings. The molecule has 3 nitrogen and oxygen atoms in total. The molecule has 0 aromatic carbocycles. The fraction of sp³-hybridized carbons (Fsp3) is 0.545. The third-order valence-corrected chi connectivity index (χ3v) is 3.19. The summed E-state index contributed by atoms with van der Waals surface area (Å²) in [6.45, 7) is 8.23. The first-order valence-electron chi connectivity index (χ1n) is 5.20. The standard InChI is InChI=1S/C11H18N2OS/c1-4-13(5-2)11-12-7-10(15-11)6-9(3)8-14/h6-7,14H,4-5,8H2,1-3H3. The Balaban J connectivity index is 2.80. The molecule has 4 heteroatoms. The van der Waals surface area contributed by atoms with Crippen LogP contribution in [0.15, 0.2) is 11.8 Å². The maximum atomic E-state index is 8.91. The van der Waals surface area contributed by atoms with Crippen molar-refractivity contribution in [3.8, 4) is 0 Å². The number of hydrogen-bond acceptors (Lipinski definition) is 4. The van der Waals surface area contributed by atoms with Gasteiger partial charge in [-0.15, -0.1) is 0 Å². The van der Waals surface area contributed by atoms with E-state index < -0.39 is 0 Å². The van der Waals surface area contributed by atoms with E-state index in [2.05, 4.69) is 23.7 Å². The Morgan fingerprint density at radius 2 is 2.20 bits per heavy atom. The fourth-order valence-corrected chi connectivity index (χ4v) is 2.34. The maximum Gasteiger partial charge on any atom is 0.185 e. The Kier molecular flexibility index (Phi) is 4.78. The van der Waals surface area contributed by atoms with Crippen LogP contribution in [0.25, 0.3) is 6.08 Å². The van der Waals surface area contributed by atoms with E-state index in [0.717, 1.165) is 28.7 Å². The van der Waals surface area contributed by atoms with Crippen LogP contribution >= 0.6 is 11.3 Å². The van der Waals surface area contributed by atoms with Crippen molar-refractivity contribution in [1.82, 2.24) is 4.98 Å². The normalized spacial score (nSPS) is 11.9. The first-order chi connectivity index (χ1) is 7.21. The van der Waals surface area contributed by atoms with Crippen LogP contribution in [-0.4, -0.2) is 29.8 Å². The molecule has 0 saturated carbocycles. The summed E-state index contributed by atoms with van der Waals surface area (Å²) in [7, 11) is 0. The smallest absolute Gasteiger partial charge is 0.185 e. The van der Waals surface area contributed by atoms with Crippen LogP contribution in [0.4, 0.5) is 5.13 Å². The number of hydrogen-bond donors (Lipinski definition) is 1. The lowest BCUT2D eigenvalue weighted by atomic mass is 10.3. The molecular weight excluding hydrogens is 208 g/mol. The van der Waals surface area contributed by atoms with E-state index >= 15 is 0 Å². The van der Waals surface area contributed by atoms with Crippen molar-refractivity contribution in [2.24, 2.45) is 0 Å². The highest BCUT2D eigenvalue weighted by Gasteiger charge is 2.06. The van der Waals surface area contributed by atoms with Crippen molar-refractivity contribution in [3.05, 3.63) is 16.6 Å². The molecule has 0 aliphatic heterocycles. The van der Waals surface area contributed by atoms with Crippen molar-refractivity contribution in [1.29, 1.82) is 0 Å². The van der Waals surface area contributed by atoms with Gasteiger partial charge in [-0.3, -0.25) is 0 Å². The largest absolute Gasteiger partial charge is 0.392 e. The third-order valence-electron chi connectivity index (χ3n) is 2.18. The summed E-state index contributed by atoms with van der Waals surface area (Å²) in [5, 5.41) is 9.96. The number of thiazole rings is 1. The van der Waals surface area contributed by atoms with Crippen LogP contribution in [0.2, 0.25) is 0 Å². The van der Waals surface area contributed by atoms with E-state index in [1.165, 1.54) is 0 Å². The Hall–Kier alpha value is -0.870. The number of nitrogens with zero attached hydrogens (tertiary/aromatic N) is 2. The average Bonchev–Trinajstić information content (AvgIpc) is 2.68. The summed E-state index contributed by atoms with van der Waals surface area (Å²) < 4.78 is 0. The molecule has 84 valence electrons. The molecule has 1 aromatic heterocycles. The molecule has 0 saturated heterocycles. The number of aliphatic hydroxyl groups is 1. The molecule has 0 bridgehead atoms. The highest BCUT2D eigenvalue weighted by molar-refractivity contribution is 7.16. The zero-order valence-electron chi connectivity index (χ0n) is 9.53. The van der Waals surface area contributed by atoms with Gasteiger partial charge in [0.1, 0.15) is 0 Å². The highest BCUT2D eigenvalue weighted by Crippen LogP contribution is 2.23. The molecule has 0 aliphatic carbocycles. The van der Waals surface area contributed by atoms with Crippen LogP contribution in [0.5, 0.6) is 0 Å². The van der Waals surface area contributed by atoms with Crippen molar-refractivity contribution < 1.29 is 5.11 Å². The van der Waals surface area contributed by atoms with Crippen LogP contribution in [-0.2, 0) is 0 Å². The summed E-state index contributed by atoms with van der Waals surface area (Å²) in [5.74, 6) is 0. The SMILES string of the molecule is CCN(CC)c1ncc(C=C(C)CO)s1. The molecule has 1 N–H and O–H groups in total. The van der Waals surface area contributed by atoms with Gasteiger partial charge >= 0.3 is 0 Å². The minimum absolute atomic E-state index is 0.110. The van der Waals surface area contributed by atoms with E-state index in [0.29, 0.717) is 0 Å². The minimum atomic E-state index is 0.110. The van der Waals surface area contributed by atoms with Gasteiger partial charge in [-0.25, -0.2) is 4.98 Å². The quantitative estimate of drug-likeness (QED) is 0.837. The Morgan fingerprint density at radius 3 is 2.73 bits per heavy atom.